The van der Waals surface area contributed by atoms with E-state index in [1.807, 2.05) is 0 Å². The summed E-state index contributed by atoms with van der Waals surface area (Å²) in [5.74, 6) is 1.69. The van der Waals surface area contributed by atoms with Gasteiger partial charge in [-0.1, -0.05) is 0 Å². The summed E-state index contributed by atoms with van der Waals surface area (Å²) in [4.78, 5) is 0. The van der Waals surface area contributed by atoms with Gasteiger partial charge in [0.1, 0.15) is 5.75 Å². The van der Waals surface area contributed by atoms with E-state index >= 15 is 0 Å². The lowest BCUT2D eigenvalue weighted by Crippen LogP contribution is -2.15. The van der Waals surface area contributed by atoms with Crippen molar-refractivity contribution in [2.24, 2.45) is 5.73 Å². The normalized spacial score (nSPS) is 12.1. The predicted molar refractivity (Wildman–Crippen MR) is 60.1 cm³/mol. The Kier molecular flexibility index (Phi) is 4.39. The van der Waals surface area contributed by atoms with Crippen molar-refractivity contribution >= 4 is 0 Å². The molecule has 5 nitrogen and oxygen atoms in total. The van der Waals surface area contributed by atoms with Gasteiger partial charge < -0.3 is 25.1 Å². The second-order valence-corrected chi connectivity index (χ2v) is 3.24. The lowest BCUT2D eigenvalue weighted by molar-refractivity contribution is 0.263. The zero-order valence-electron chi connectivity index (χ0n) is 9.69. The van der Waals surface area contributed by atoms with Gasteiger partial charge in [-0.05, 0) is 6.07 Å². The van der Waals surface area contributed by atoms with Gasteiger partial charge in [-0.25, -0.2) is 0 Å². The predicted octanol–water partition coefficient (Wildman–Crippen LogP) is 0.704. The van der Waals surface area contributed by atoms with E-state index in [0.717, 1.165) is 0 Å². The summed E-state index contributed by atoms with van der Waals surface area (Å²) >= 11 is 0. The van der Waals surface area contributed by atoms with Crippen molar-refractivity contribution in [2.45, 2.75) is 6.04 Å². The third-order valence-corrected chi connectivity index (χ3v) is 2.33. The topological polar surface area (TPSA) is 73.9 Å². The number of benzene rings is 1. The number of ether oxygens (including phenoxy) is 3. The molecule has 0 unspecified atom stereocenters. The molecule has 1 aromatic rings. The Labute approximate surface area is 94.7 Å². The zero-order valence-corrected chi connectivity index (χ0v) is 9.69. The van der Waals surface area contributed by atoms with E-state index in [1.165, 1.54) is 7.11 Å². The molecule has 5 heteroatoms. The van der Waals surface area contributed by atoms with E-state index in [-0.39, 0.29) is 6.61 Å². The fourth-order valence-corrected chi connectivity index (χ4v) is 1.44. The molecule has 0 aliphatic heterocycles. The minimum atomic E-state index is -0.505. The molecule has 0 spiro atoms. The molecule has 0 aliphatic rings. The van der Waals surface area contributed by atoms with Crippen LogP contribution in [0.4, 0.5) is 0 Å². The average molecular weight is 227 g/mol. The second kappa shape index (κ2) is 5.58. The first kappa shape index (κ1) is 12.6. The van der Waals surface area contributed by atoms with Gasteiger partial charge in [-0.15, -0.1) is 0 Å². The van der Waals surface area contributed by atoms with E-state index in [1.54, 1.807) is 26.4 Å². The van der Waals surface area contributed by atoms with Gasteiger partial charge in [0.25, 0.3) is 0 Å². The molecule has 1 atom stereocenters. The van der Waals surface area contributed by atoms with Crippen LogP contribution in [0.15, 0.2) is 12.1 Å². The summed E-state index contributed by atoms with van der Waals surface area (Å²) in [6.45, 7) is -0.161. The molecule has 0 amide bonds. The van der Waals surface area contributed by atoms with Crippen molar-refractivity contribution in [1.29, 1.82) is 0 Å². The van der Waals surface area contributed by atoms with Crippen LogP contribution in [0.25, 0.3) is 0 Å². The van der Waals surface area contributed by atoms with Gasteiger partial charge >= 0.3 is 0 Å². The molecule has 0 aliphatic carbocycles. The largest absolute Gasteiger partial charge is 0.496 e. The summed E-state index contributed by atoms with van der Waals surface area (Å²) < 4.78 is 15.5. The molecule has 16 heavy (non-hydrogen) atoms. The standard InChI is InChI=1S/C11H17NO4/c1-14-9-5-11(16-3)10(15-2)4-7(9)8(12)6-13/h4-5,8,13H,6,12H2,1-3H3/t8-/m1/s1. The zero-order chi connectivity index (χ0) is 12.1. The Morgan fingerprint density at radius 2 is 1.56 bits per heavy atom. The monoisotopic (exact) mass is 227 g/mol. The molecule has 3 N–H and O–H groups in total. The first-order valence-electron chi connectivity index (χ1n) is 4.84. The number of methoxy groups -OCH3 is 3. The Hall–Kier alpha value is -1.46. The van der Waals surface area contributed by atoms with Gasteiger partial charge in [0.2, 0.25) is 0 Å². The van der Waals surface area contributed by atoms with Crippen LogP contribution in [-0.4, -0.2) is 33.0 Å². The van der Waals surface area contributed by atoms with Gasteiger partial charge in [0.15, 0.2) is 11.5 Å². The van der Waals surface area contributed by atoms with Crippen LogP contribution in [0.3, 0.4) is 0 Å². The van der Waals surface area contributed by atoms with E-state index in [9.17, 15) is 0 Å². The smallest absolute Gasteiger partial charge is 0.164 e. The molecule has 90 valence electrons. The molecule has 0 fully saturated rings. The van der Waals surface area contributed by atoms with Crippen LogP contribution < -0.4 is 19.9 Å². The van der Waals surface area contributed by atoms with E-state index in [2.05, 4.69) is 0 Å². The Bertz CT molecular complexity index is 354. The van der Waals surface area contributed by atoms with Crippen molar-refractivity contribution in [1.82, 2.24) is 0 Å². The van der Waals surface area contributed by atoms with E-state index in [4.69, 9.17) is 25.1 Å². The van der Waals surface area contributed by atoms with Crippen LogP contribution >= 0.6 is 0 Å². The summed E-state index contributed by atoms with van der Waals surface area (Å²) in [7, 11) is 4.62. The number of rotatable bonds is 5. The molecule has 1 aromatic carbocycles. The molecule has 0 radical (unpaired) electrons. The van der Waals surface area contributed by atoms with Crippen molar-refractivity contribution in [3.05, 3.63) is 17.7 Å². The van der Waals surface area contributed by atoms with Crippen LogP contribution in [0.5, 0.6) is 17.2 Å². The molecule has 0 bridgehead atoms. The number of aliphatic hydroxyl groups is 1. The van der Waals surface area contributed by atoms with Crippen molar-refractivity contribution < 1.29 is 19.3 Å². The second-order valence-electron chi connectivity index (χ2n) is 3.24. The maximum absolute atomic E-state index is 9.05. The highest BCUT2D eigenvalue weighted by molar-refractivity contribution is 5.51. The molecule has 0 saturated carbocycles. The first-order chi connectivity index (χ1) is 7.67. The molecule has 0 saturated heterocycles. The van der Waals surface area contributed by atoms with Gasteiger partial charge in [-0.2, -0.15) is 0 Å². The fourth-order valence-electron chi connectivity index (χ4n) is 1.44. The fraction of sp³-hybridized carbons (Fsp3) is 0.455. The van der Waals surface area contributed by atoms with Gasteiger partial charge in [-0.3, -0.25) is 0 Å². The SMILES string of the molecule is COc1cc(OC)c([C@H](N)CO)cc1OC. The Morgan fingerprint density at radius 3 is 2.00 bits per heavy atom. The maximum atomic E-state index is 9.05. The lowest BCUT2D eigenvalue weighted by Gasteiger charge is -2.17. The summed E-state index contributed by atoms with van der Waals surface area (Å²) in [5.41, 5.74) is 6.44. The molecular formula is C11H17NO4. The van der Waals surface area contributed by atoms with E-state index < -0.39 is 6.04 Å². The maximum Gasteiger partial charge on any atom is 0.164 e. The Balaban J connectivity index is 3.25. The average Bonchev–Trinajstić information content (AvgIpc) is 2.35. The van der Waals surface area contributed by atoms with Crippen LogP contribution in [0.2, 0.25) is 0 Å². The van der Waals surface area contributed by atoms with Gasteiger partial charge in [0.05, 0.1) is 34.0 Å². The number of nitrogens with two attached hydrogens (primary N) is 1. The van der Waals surface area contributed by atoms with E-state index in [0.29, 0.717) is 22.8 Å². The van der Waals surface area contributed by atoms with Crippen molar-refractivity contribution in [3.8, 4) is 17.2 Å². The first-order valence-corrected chi connectivity index (χ1v) is 4.84. The van der Waals surface area contributed by atoms with Crippen LogP contribution in [-0.2, 0) is 0 Å². The third-order valence-electron chi connectivity index (χ3n) is 2.33. The third kappa shape index (κ3) is 2.37. The molecule has 0 aromatic heterocycles. The molecular weight excluding hydrogens is 210 g/mol. The summed E-state index contributed by atoms with van der Waals surface area (Å²) in [6, 6.07) is 2.89. The summed E-state index contributed by atoms with van der Waals surface area (Å²) in [6.07, 6.45) is 0. The minimum Gasteiger partial charge on any atom is -0.496 e. The van der Waals surface area contributed by atoms with Gasteiger partial charge in [0, 0.05) is 11.6 Å². The number of hydrogen-bond donors (Lipinski definition) is 2. The summed E-state index contributed by atoms with van der Waals surface area (Å²) in [5, 5.41) is 9.05. The minimum absolute atomic E-state index is 0.161. The Morgan fingerprint density at radius 1 is 1.06 bits per heavy atom. The number of aliphatic hydroxyl groups excluding tert-OH is 1. The quantitative estimate of drug-likeness (QED) is 0.774. The highest BCUT2D eigenvalue weighted by Gasteiger charge is 2.16. The molecule has 1 rings (SSSR count). The van der Waals surface area contributed by atoms with Crippen LogP contribution in [0.1, 0.15) is 11.6 Å². The van der Waals surface area contributed by atoms with Crippen LogP contribution in [0, 0.1) is 0 Å². The van der Waals surface area contributed by atoms with Crippen molar-refractivity contribution in [2.75, 3.05) is 27.9 Å². The highest BCUT2D eigenvalue weighted by Crippen LogP contribution is 2.36. The number of hydrogen-bond acceptors (Lipinski definition) is 5. The van der Waals surface area contributed by atoms with Crippen molar-refractivity contribution in [3.63, 3.8) is 0 Å². The lowest BCUT2D eigenvalue weighted by atomic mass is 10.1. The highest BCUT2D eigenvalue weighted by atomic mass is 16.5. The molecule has 0 heterocycles.